The number of aliphatic hydroxyl groups excluding tert-OH is 1. The lowest BCUT2D eigenvalue weighted by Gasteiger charge is -2.29. The average Bonchev–Trinajstić information content (AvgIpc) is 3.27. The second kappa shape index (κ2) is 6.03. The molecule has 23 heavy (non-hydrogen) atoms. The third-order valence-corrected chi connectivity index (χ3v) is 4.43. The minimum atomic E-state index is -4.70. The predicted molar refractivity (Wildman–Crippen MR) is 75.8 cm³/mol. The number of halogens is 3. The highest BCUT2D eigenvalue weighted by Gasteiger charge is 2.46. The molecule has 1 N–H and O–H groups in total. The van der Waals surface area contributed by atoms with Crippen LogP contribution in [0.4, 0.5) is 13.2 Å². The molecule has 1 saturated carbocycles. The third kappa shape index (κ3) is 3.96. The summed E-state index contributed by atoms with van der Waals surface area (Å²) in [4.78, 5) is 14.2. The van der Waals surface area contributed by atoms with E-state index < -0.39 is 6.36 Å². The molecule has 2 atom stereocenters. The molecule has 1 aliphatic heterocycles. The van der Waals surface area contributed by atoms with Gasteiger partial charge in [-0.3, -0.25) is 4.79 Å². The molecule has 2 fully saturated rings. The molecule has 4 nitrogen and oxygen atoms in total. The van der Waals surface area contributed by atoms with Gasteiger partial charge in [0.25, 0.3) is 0 Å². The first kappa shape index (κ1) is 16.1. The van der Waals surface area contributed by atoms with Gasteiger partial charge in [-0.15, -0.1) is 13.2 Å². The van der Waals surface area contributed by atoms with Crippen LogP contribution in [0.2, 0.25) is 0 Å². The van der Waals surface area contributed by atoms with Gasteiger partial charge in [0.15, 0.2) is 0 Å². The van der Waals surface area contributed by atoms with E-state index >= 15 is 0 Å². The monoisotopic (exact) mass is 329 g/mol. The van der Waals surface area contributed by atoms with E-state index in [1.165, 1.54) is 12.1 Å². The molecule has 1 heterocycles. The molecule has 0 radical (unpaired) electrons. The SMILES string of the molecule is O=C(C1CC1c1ccc(OC(F)(F)F)cc1)N1CCC(O)CC1. The van der Waals surface area contributed by atoms with Crippen molar-refractivity contribution < 1.29 is 27.8 Å². The van der Waals surface area contributed by atoms with Crippen molar-refractivity contribution in [2.75, 3.05) is 13.1 Å². The molecular formula is C16H18F3NO3. The molecule has 7 heteroatoms. The van der Waals surface area contributed by atoms with Crippen LogP contribution in [0.1, 0.15) is 30.7 Å². The molecule has 1 saturated heterocycles. The first-order valence-electron chi connectivity index (χ1n) is 7.66. The van der Waals surface area contributed by atoms with Gasteiger partial charge in [0.1, 0.15) is 5.75 Å². The molecule has 0 aromatic heterocycles. The van der Waals surface area contributed by atoms with Crippen LogP contribution in [0.5, 0.6) is 5.75 Å². The molecule has 3 rings (SSSR count). The standard InChI is InChI=1S/C16H18F3NO3/c17-16(18,19)23-12-3-1-10(2-4-12)13-9-14(13)15(22)20-7-5-11(21)6-8-20/h1-4,11,13-14,21H,5-9H2. The van der Waals surface area contributed by atoms with Crippen LogP contribution in [-0.4, -0.2) is 41.5 Å². The highest BCUT2D eigenvalue weighted by Crippen LogP contribution is 2.49. The van der Waals surface area contributed by atoms with E-state index in [0.717, 1.165) is 12.0 Å². The van der Waals surface area contributed by atoms with Crippen LogP contribution in [0, 0.1) is 5.92 Å². The summed E-state index contributed by atoms with van der Waals surface area (Å²) in [5, 5.41) is 9.47. The van der Waals surface area contributed by atoms with E-state index in [4.69, 9.17) is 0 Å². The van der Waals surface area contributed by atoms with Gasteiger partial charge in [-0.1, -0.05) is 12.1 Å². The summed E-state index contributed by atoms with van der Waals surface area (Å²) < 4.78 is 40.2. The number of carbonyl (C=O) groups excluding carboxylic acids is 1. The summed E-state index contributed by atoms with van der Waals surface area (Å²) in [6, 6.07) is 5.72. The number of alkyl halides is 3. The zero-order valence-electron chi connectivity index (χ0n) is 12.4. The number of piperidine rings is 1. The predicted octanol–water partition coefficient (Wildman–Crippen LogP) is 2.67. The summed E-state index contributed by atoms with van der Waals surface area (Å²) in [5.74, 6) is -0.207. The number of hydrogen-bond donors (Lipinski definition) is 1. The molecular weight excluding hydrogens is 311 g/mol. The molecule has 2 unspecified atom stereocenters. The highest BCUT2D eigenvalue weighted by molar-refractivity contribution is 5.83. The van der Waals surface area contributed by atoms with Crippen LogP contribution in [0.25, 0.3) is 0 Å². The average molecular weight is 329 g/mol. The molecule has 0 spiro atoms. The van der Waals surface area contributed by atoms with Gasteiger partial charge in [-0.05, 0) is 42.9 Å². The Balaban J connectivity index is 1.56. The maximum atomic E-state index is 12.4. The van der Waals surface area contributed by atoms with Gasteiger partial charge in [0.2, 0.25) is 5.91 Å². The van der Waals surface area contributed by atoms with Crippen molar-refractivity contribution in [1.29, 1.82) is 0 Å². The lowest BCUT2D eigenvalue weighted by molar-refractivity contribution is -0.274. The van der Waals surface area contributed by atoms with Crippen molar-refractivity contribution >= 4 is 5.91 Å². The molecule has 1 aliphatic carbocycles. The van der Waals surface area contributed by atoms with E-state index in [1.807, 2.05) is 0 Å². The Hall–Kier alpha value is -1.76. The van der Waals surface area contributed by atoms with Crippen LogP contribution < -0.4 is 4.74 Å². The Labute approximate surface area is 131 Å². The van der Waals surface area contributed by atoms with Crippen molar-refractivity contribution in [2.24, 2.45) is 5.92 Å². The Bertz CT molecular complexity index is 565. The maximum Gasteiger partial charge on any atom is 0.573 e. The number of amides is 1. The van der Waals surface area contributed by atoms with Crippen LogP contribution >= 0.6 is 0 Å². The molecule has 1 aromatic rings. The second-order valence-electron chi connectivity index (χ2n) is 6.12. The minimum absolute atomic E-state index is 0.0642. The van der Waals surface area contributed by atoms with Gasteiger partial charge in [-0.25, -0.2) is 0 Å². The van der Waals surface area contributed by atoms with E-state index in [9.17, 15) is 23.1 Å². The van der Waals surface area contributed by atoms with E-state index in [1.54, 1.807) is 17.0 Å². The van der Waals surface area contributed by atoms with E-state index in [-0.39, 0.29) is 29.6 Å². The Kier molecular flexibility index (Phi) is 4.23. The van der Waals surface area contributed by atoms with Crippen molar-refractivity contribution in [2.45, 2.75) is 37.6 Å². The van der Waals surface area contributed by atoms with Crippen molar-refractivity contribution in [3.8, 4) is 5.75 Å². The minimum Gasteiger partial charge on any atom is -0.406 e. The van der Waals surface area contributed by atoms with Crippen LogP contribution in [0.15, 0.2) is 24.3 Å². The number of carbonyl (C=O) groups is 1. The summed E-state index contributed by atoms with van der Waals surface area (Å²) in [5.41, 5.74) is 0.856. The first-order chi connectivity index (χ1) is 10.8. The van der Waals surface area contributed by atoms with Gasteiger partial charge in [0, 0.05) is 19.0 Å². The van der Waals surface area contributed by atoms with E-state index in [2.05, 4.69) is 4.74 Å². The fourth-order valence-electron chi connectivity index (χ4n) is 3.07. The quantitative estimate of drug-likeness (QED) is 0.927. The fraction of sp³-hybridized carbons (Fsp3) is 0.562. The van der Waals surface area contributed by atoms with Crippen molar-refractivity contribution in [3.05, 3.63) is 29.8 Å². The van der Waals surface area contributed by atoms with Gasteiger partial charge in [0.05, 0.1) is 6.10 Å². The van der Waals surface area contributed by atoms with Crippen LogP contribution in [0.3, 0.4) is 0 Å². The Morgan fingerprint density at radius 2 is 1.78 bits per heavy atom. The Morgan fingerprint density at radius 1 is 1.17 bits per heavy atom. The maximum absolute atomic E-state index is 12.4. The lowest BCUT2D eigenvalue weighted by Crippen LogP contribution is -2.41. The second-order valence-corrected chi connectivity index (χ2v) is 6.12. The highest BCUT2D eigenvalue weighted by atomic mass is 19.4. The van der Waals surface area contributed by atoms with Crippen molar-refractivity contribution in [3.63, 3.8) is 0 Å². The zero-order chi connectivity index (χ0) is 16.6. The van der Waals surface area contributed by atoms with Gasteiger partial charge < -0.3 is 14.7 Å². The molecule has 1 aromatic carbocycles. The number of ether oxygens (including phenoxy) is 1. The molecule has 126 valence electrons. The fourth-order valence-corrected chi connectivity index (χ4v) is 3.07. The number of hydrogen-bond acceptors (Lipinski definition) is 3. The number of benzene rings is 1. The number of aliphatic hydroxyl groups is 1. The zero-order valence-corrected chi connectivity index (χ0v) is 12.4. The summed E-state index contributed by atoms with van der Waals surface area (Å²) >= 11 is 0. The third-order valence-electron chi connectivity index (χ3n) is 4.43. The summed E-state index contributed by atoms with van der Waals surface area (Å²) in [7, 11) is 0. The Morgan fingerprint density at radius 3 is 2.35 bits per heavy atom. The molecule has 2 aliphatic rings. The number of likely N-dealkylation sites (tertiary alicyclic amines) is 1. The van der Waals surface area contributed by atoms with Gasteiger partial charge >= 0.3 is 6.36 Å². The summed E-state index contributed by atoms with van der Waals surface area (Å²) in [6.45, 7) is 1.14. The molecule has 1 amide bonds. The van der Waals surface area contributed by atoms with Crippen molar-refractivity contribution in [1.82, 2.24) is 4.90 Å². The van der Waals surface area contributed by atoms with Crippen LogP contribution in [-0.2, 0) is 4.79 Å². The van der Waals surface area contributed by atoms with E-state index in [0.29, 0.717) is 25.9 Å². The summed E-state index contributed by atoms with van der Waals surface area (Å²) in [6.07, 6.45) is -3.09. The molecule has 0 bridgehead atoms. The lowest BCUT2D eigenvalue weighted by atomic mass is 10.1. The normalized spacial score (nSPS) is 25.3. The smallest absolute Gasteiger partial charge is 0.406 e. The topological polar surface area (TPSA) is 49.8 Å². The number of nitrogens with zero attached hydrogens (tertiary/aromatic N) is 1. The number of rotatable bonds is 3. The largest absolute Gasteiger partial charge is 0.573 e. The first-order valence-corrected chi connectivity index (χ1v) is 7.66. The van der Waals surface area contributed by atoms with Gasteiger partial charge in [-0.2, -0.15) is 0 Å².